The van der Waals surface area contributed by atoms with Crippen molar-refractivity contribution in [3.63, 3.8) is 0 Å². The minimum Gasteiger partial charge on any atom is -0.465 e. The Balaban J connectivity index is 1.49. The van der Waals surface area contributed by atoms with E-state index in [-0.39, 0.29) is 18.2 Å². The number of benzene rings is 1. The first-order valence-corrected chi connectivity index (χ1v) is 14.4. The van der Waals surface area contributed by atoms with Crippen molar-refractivity contribution in [3.8, 4) is 0 Å². The zero-order chi connectivity index (χ0) is 28.4. The Morgan fingerprint density at radius 2 is 1.93 bits per heavy atom. The number of alkyl halides is 2. The number of hydrogen-bond donors (Lipinski definition) is 0. The van der Waals surface area contributed by atoms with Crippen LogP contribution in [0, 0.1) is 17.2 Å². The second kappa shape index (κ2) is 11.9. The van der Waals surface area contributed by atoms with E-state index in [9.17, 15) is 13.6 Å². The second-order valence-electron chi connectivity index (χ2n) is 12.3. The standard InChI is InChI=1S/C33H39F3N2O2/c1-33(2)12-9-23(10-13-33)26-6-4-5-24-17-25(32(39)40-3)7-8-27(24)30(26)31-28(34)16-21(18-37-31)15-22-19-38(20-22)14-11-29(35)36/h7-8,15-18,23,29H,4-6,9-14,19-20H2,1-3H3. The number of allylic oxidation sites excluding steroid dienone is 1. The van der Waals surface area contributed by atoms with Crippen LogP contribution in [0.2, 0.25) is 0 Å². The summed E-state index contributed by atoms with van der Waals surface area (Å²) in [7, 11) is 1.38. The fraction of sp³-hybridized carbons (Fsp3) is 0.515. The molecule has 4 nitrogen and oxygen atoms in total. The first kappa shape index (κ1) is 28.6. The number of nitrogens with zero attached hydrogens (tertiary/aromatic N) is 2. The quantitative estimate of drug-likeness (QED) is 0.330. The maximum Gasteiger partial charge on any atom is 0.337 e. The van der Waals surface area contributed by atoms with Gasteiger partial charge >= 0.3 is 5.97 Å². The van der Waals surface area contributed by atoms with E-state index in [1.54, 1.807) is 18.3 Å². The fourth-order valence-corrected chi connectivity index (χ4v) is 6.50. The molecular weight excluding hydrogens is 513 g/mol. The van der Waals surface area contributed by atoms with Crippen LogP contribution in [-0.4, -0.2) is 49.0 Å². The maximum absolute atomic E-state index is 16.0. The predicted molar refractivity (Wildman–Crippen MR) is 152 cm³/mol. The highest BCUT2D eigenvalue weighted by molar-refractivity contribution is 5.91. The molecule has 2 fully saturated rings. The molecule has 1 saturated carbocycles. The molecule has 3 aliphatic rings. The fourth-order valence-electron chi connectivity index (χ4n) is 6.50. The minimum absolute atomic E-state index is 0.128. The van der Waals surface area contributed by atoms with Crippen molar-refractivity contribution in [2.75, 3.05) is 26.7 Å². The highest BCUT2D eigenvalue weighted by Crippen LogP contribution is 2.46. The second-order valence-corrected chi connectivity index (χ2v) is 12.3. The van der Waals surface area contributed by atoms with E-state index in [2.05, 4.69) is 13.8 Å². The molecule has 0 radical (unpaired) electrons. The molecule has 0 bridgehead atoms. The van der Waals surface area contributed by atoms with Gasteiger partial charge in [0, 0.05) is 37.8 Å². The van der Waals surface area contributed by atoms with Crippen LogP contribution in [-0.2, 0) is 11.2 Å². The molecule has 1 saturated heterocycles. The van der Waals surface area contributed by atoms with Gasteiger partial charge in [-0.1, -0.05) is 31.6 Å². The van der Waals surface area contributed by atoms with Gasteiger partial charge in [-0.3, -0.25) is 9.88 Å². The summed E-state index contributed by atoms with van der Waals surface area (Å²) in [6, 6.07) is 7.14. The van der Waals surface area contributed by atoms with Crippen LogP contribution in [0.1, 0.15) is 91.5 Å². The molecule has 5 rings (SSSR count). The third kappa shape index (κ3) is 6.35. The highest BCUT2D eigenvalue weighted by atomic mass is 19.3. The Morgan fingerprint density at radius 1 is 1.18 bits per heavy atom. The zero-order valence-corrected chi connectivity index (χ0v) is 23.7. The van der Waals surface area contributed by atoms with Gasteiger partial charge in [-0.05, 0) is 96.7 Å². The molecule has 2 heterocycles. The Hall–Kier alpha value is -2.93. The van der Waals surface area contributed by atoms with E-state index in [4.69, 9.17) is 9.72 Å². The summed E-state index contributed by atoms with van der Waals surface area (Å²) < 4.78 is 45.9. The molecule has 0 unspecified atom stereocenters. The molecule has 1 aliphatic heterocycles. The van der Waals surface area contributed by atoms with Crippen molar-refractivity contribution in [2.24, 2.45) is 11.3 Å². The number of ether oxygens (including phenoxy) is 1. The van der Waals surface area contributed by atoms with Crippen molar-refractivity contribution in [2.45, 2.75) is 71.6 Å². The van der Waals surface area contributed by atoms with Gasteiger partial charge in [0.05, 0.1) is 12.7 Å². The van der Waals surface area contributed by atoms with E-state index >= 15 is 4.39 Å². The van der Waals surface area contributed by atoms with Crippen LogP contribution in [0.25, 0.3) is 11.6 Å². The van der Waals surface area contributed by atoms with Gasteiger partial charge in [-0.15, -0.1) is 0 Å². The number of esters is 1. The number of pyridine rings is 1. The van der Waals surface area contributed by atoms with Crippen molar-refractivity contribution in [1.29, 1.82) is 0 Å². The largest absolute Gasteiger partial charge is 0.465 e. The number of hydrogen-bond acceptors (Lipinski definition) is 4. The van der Waals surface area contributed by atoms with Crippen LogP contribution in [0.5, 0.6) is 0 Å². The molecular formula is C33H39F3N2O2. The van der Waals surface area contributed by atoms with Crippen molar-refractivity contribution < 1.29 is 22.7 Å². The van der Waals surface area contributed by atoms with E-state index in [1.807, 2.05) is 23.1 Å². The number of methoxy groups -OCH3 is 1. The van der Waals surface area contributed by atoms with Crippen molar-refractivity contribution >= 4 is 17.6 Å². The van der Waals surface area contributed by atoms with Crippen LogP contribution < -0.4 is 0 Å². The summed E-state index contributed by atoms with van der Waals surface area (Å²) >= 11 is 0. The van der Waals surface area contributed by atoms with Gasteiger partial charge in [0.2, 0.25) is 6.43 Å². The van der Waals surface area contributed by atoms with Gasteiger partial charge in [0.15, 0.2) is 0 Å². The van der Waals surface area contributed by atoms with Gasteiger partial charge in [0.25, 0.3) is 0 Å². The predicted octanol–water partition coefficient (Wildman–Crippen LogP) is 7.72. The van der Waals surface area contributed by atoms with Gasteiger partial charge in [-0.2, -0.15) is 0 Å². The lowest BCUT2D eigenvalue weighted by Crippen LogP contribution is -2.40. The first-order chi connectivity index (χ1) is 19.1. The number of aromatic nitrogens is 1. The zero-order valence-electron chi connectivity index (χ0n) is 23.7. The number of rotatable bonds is 7. The van der Waals surface area contributed by atoms with Gasteiger partial charge < -0.3 is 4.74 Å². The summed E-state index contributed by atoms with van der Waals surface area (Å²) in [5.74, 6) is -0.360. The molecule has 0 atom stereocenters. The Labute approximate surface area is 235 Å². The van der Waals surface area contributed by atoms with Crippen LogP contribution >= 0.6 is 0 Å². The number of carbonyl (C=O) groups excluding carboxylic acids is 1. The Bertz CT molecular complexity index is 1310. The molecule has 0 amide bonds. The molecule has 0 N–H and O–H groups in total. The van der Waals surface area contributed by atoms with Crippen molar-refractivity contribution in [1.82, 2.24) is 9.88 Å². The molecule has 40 heavy (non-hydrogen) atoms. The molecule has 7 heteroatoms. The van der Waals surface area contributed by atoms with E-state index < -0.39 is 6.43 Å². The Morgan fingerprint density at radius 3 is 2.60 bits per heavy atom. The first-order valence-electron chi connectivity index (χ1n) is 14.4. The average molecular weight is 553 g/mol. The van der Waals surface area contributed by atoms with E-state index in [0.717, 1.165) is 67.2 Å². The topological polar surface area (TPSA) is 42.4 Å². The number of likely N-dealkylation sites (tertiary alicyclic amines) is 1. The molecule has 0 spiro atoms. The van der Waals surface area contributed by atoms with Crippen LogP contribution in [0.3, 0.4) is 0 Å². The minimum atomic E-state index is -2.29. The molecule has 1 aromatic carbocycles. The molecule has 2 aromatic rings. The summed E-state index contributed by atoms with van der Waals surface area (Å²) in [4.78, 5) is 18.9. The lowest BCUT2D eigenvalue weighted by Gasteiger charge is -2.36. The third-order valence-electron chi connectivity index (χ3n) is 8.83. The third-order valence-corrected chi connectivity index (χ3v) is 8.83. The van der Waals surface area contributed by atoms with Gasteiger partial charge in [-0.25, -0.2) is 18.0 Å². The molecule has 214 valence electrons. The van der Waals surface area contributed by atoms with E-state index in [0.29, 0.717) is 47.8 Å². The normalized spacial score (nSPS) is 19.7. The summed E-state index contributed by atoms with van der Waals surface area (Å²) in [6.07, 6.45) is 8.27. The summed E-state index contributed by atoms with van der Waals surface area (Å²) in [6.45, 7) is 6.26. The summed E-state index contributed by atoms with van der Waals surface area (Å²) in [5.41, 5.74) is 7.10. The number of carbonyl (C=O) groups is 1. The monoisotopic (exact) mass is 552 g/mol. The molecule has 2 aliphatic carbocycles. The number of halogens is 3. The Kier molecular flexibility index (Phi) is 8.50. The molecule has 1 aromatic heterocycles. The van der Waals surface area contributed by atoms with Crippen molar-refractivity contribution in [3.05, 3.63) is 75.4 Å². The van der Waals surface area contributed by atoms with E-state index in [1.165, 1.54) is 12.7 Å². The number of aryl methyl sites for hydroxylation is 1. The number of fused-ring (bicyclic) bond motifs is 1. The average Bonchev–Trinajstić information content (AvgIpc) is 3.08. The summed E-state index contributed by atoms with van der Waals surface area (Å²) in [5, 5.41) is 0. The smallest absolute Gasteiger partial charge is 0.337 e. The van der Waals surface area contributed by atoms with Gasteiger partial charge in [0.1, 0.15) is 11.5 Å². The van der Waals surface area contributed by atoms with Crippen LogP contribution in [0.4, 0.5) is 13.2 Å². The maximum atomic E-state index is 16.0. The lowest BCUT2D eigenvalue weighted by atomic mass is 9.69. The SMILES string of the molecule is COC(=O)c1ccc2c(c1)CCCC(C1CCC(C)(C)CC1)=C2c1ncc(C=C2CN(CCC(F)F)C2)cc1F. The van der Waals surface area contributed by atoms with Crippen LogP contribution in [0.15, 0.2) is 41.6 Å². The highest BCUT2D eigenvalue weighted by Gasteiger charge is 2.33. The lowest BCUT2D eigenvalue weighted by molar-refractivity contribution is 0.0600.